The van der Waals surface area contributed by atoms with Crippen LogP contribution in [0.1, 0.15) is 19.3 Å². The maximum Gasteiger partial charge on any atom is 0.252 e. The number of nitrogens with one attached hydrogen (secondary N) is 1. The molecule has 1 unspecified atom stereocenters. The lowest BCUT2D eigenvalue weighted by atomic mass is 10.1. The molecule has 1 N–H and O–H groups in total. The Balaban J connectivity index is 1.52. The van der Waals surface area contributed by atoms with Gasteiger partial charge < -0.3 is 14.6 Å². The van der Waals surface area contributed by atoms with Crippen molar-refractivity contribution in [2.24, 2.45) is 7.05 Å². The van der Waals surface area contributed by atoms with E-state index in [1.165, 1.54) is 4.90 Å². The van der Waals surface area contributed by atoms with E-state index < -0.39 is 6.04 Å². The second-order valence-electron chi connectivity index (χ2n) is 6.55. The molecule has 2 aliphatic heterocycles. The molecule has 4 rings (SSSR count). The van der Waals surface area contributed by atoms with Crippen LogP contribution in [-0.4, -0.2) is 46.6 Å². The van der Waals surface area contributed by atoms with Gasteiger partial charge in [-0.2, -0.15) is 0 Å². The highest BCUT2D eigenvalue weighted by Gasteiger charge is 2.42. The number of likely N-dealkylation sites (tertiary alicyclic amines) is 1. The van der Waals surface area contributed by atoms with E-state index in [1.807, 2.05) is 36.0 Å². The Morgan fingerprint density at radius 2 is 1.96 bits per heavy atom. The SMILES string of the molecule is Cn1ccc2ccc(NC3CC(=O)N(C4CCOCC4)C3=O)cc21. The smallest absolute Gasteiger partial charge is 0.252 e. The molecule has 2 saturated heterocycles. The lowest BCUT2D eigenvalue weighted by molar-refractivity contribution is -0.143. The molecule has 2 amide bonds. The molecule has 0 bridgehead atoms. The quantitative estimate of drug-likeness (QED) is 0.875. The third-order valence-electron chi connectivity index (χ3n) is 4.97. The monoisotopic (exact) mass is 327 g/mol. The first kappa shape index (κ1) is 15.2. The molecule has 2 aromatic rings. The van der Waals surface area contributed by atoms with Gasteiger partial charge in [-0.3, -0.25) is 14.5 Å². The topological polar surface area (TPSA) is 63.6 Å². The van der Waals surface area contributed by atoms with E-state index in [2.05, 4.69) is 11.4 Å². The first-order chi connectivity index (χ1) is 11.6. The molecule has 1 aromatic heterocycles. The summed E-state index contributed by atoms with van der Waals surface area (Å²) in [5.74, 6) is -0.191. The number of fused-ring (bicyclic) bond motifs is 1. The zero-order chi connectivity index (χ0) is 16.7. The predicted octanol–water partition coefficient (Wildman–Crippen LogP) is 1.90. The number of amides is 2. The number of benzene rings is 1. The minimum atomic E-state index is -0.474. The van der Waals surface area contributed by atoms with Crippen LogP contribution in [0.2, 0.25) is 0 Å². The number of aryl methyl sites for hydroxylation is 1. The van der Waals surface area contributed by atoms with E-state index in [0.29, 0.717) is 13.2 Å². The minimum Gasteiger partial charge on any atom is -0.381 e. The highest BCUT2D eigenvalue weighted by atomic mass is 16.5. The van der Waals surface area contributed by atoms with E-state index >= 15 is 0 Å². The lowest BCUT2D eigenvalue weighted by Gasteiger charge is -2.29. The average Bonchev–Trinajstić information content (AvgIpc) is 3.09. The van der Waals surface area contributed by atoms with Gasteiger partial charge >= 0.3 is 0 Å². The van der Waals surface area contributed by atoms with Crippen LogP contribution in [-0.2, 0) is 21.4 Å². The third kappa shape index (κ3) is 2.57. The Morgan fingerprint density at radius 1 is 1.17 bits per heavy atom. The van der Waals surface area contributed by atoms with Crippen molar-refractivity contribution in [2.75, 3.05) is 18.5 Å². The summed E-state index contributed by atoms with van der Waals surface area (Å²) in [6.07, 6.45) is 3.70. The fourth-order valence-electron chi connectivity index (χ4n) is 3.64. The maximum atomic E-state index is 12.7. The van der Waals surface area contributed by atoms with Gasteiger partial charge in [0, 0.05) is 43.7 Å². The molecule has 0 radical (unpaired) electrons. The highest BCUT2D eigenvalue weighted by Crippen LogP contribution is 2.26. The number of anilines is 1. The van der Waals surface area contributed by atoms with Crippen LogP contribution in [0.4, 0.5) is 5.69 Å². The third-order valence-corrected chi connectivity index (χ3v) is 4.97. The van der Waals surface area contributed by atoms with Crippen molar-refractivity contribution in [1.29, 1.82) is 0 Å². The summed E-state index contributed by atoms with van der Waals surface area (Å²) < 4.78 is 7.37. The maximum absolute atomic E-state index is 12.7. The summed E-state index contributed by atoms with van der Waals surface area (Å²) in [5.41, 5.74) is 1.96. The molecular formula is C18H21N3O3. The minimum absolute atomic E-state index is 0.0131. The molecular weight excluding hydrogens is 306 g/mol. The fourth-order valence-corrected chi connectivity index (χ4v) is 3.64. The van der Waals surface area contributed by atoms with E-state index in [0.717, 1.165) is 29.4 Å². The van der Waals surface area contributed by atoms with Crippen molar-refractivity contribution in [3.8, 4) is 0 Å². The summed E-state index contributed by atoms with van der Waals surface area (Å²) >= 11 is 0. The number of hydrogen-bond donors (Lipinski definition) is 1. The van der Waals surface area contributed by atoms with Crippen LogP contribution in [0, 0.1) is 0 Å². The van der Waals surface area contributed by atoms with Crippen LogP contribution in [0.3, 0.4) is 0 Å². The van der Waals surface area contributed by atoms with Gasteiger partial charge in [0.25, 0.3) is 5.91 Å². The predicted molar refractivity (Wildman–Crippen MR) is 90.6 cm³/mol. The normalized spacial score (nSPS) is 22.5. The largest absolute Gasteiger partial charge is 0.381 e. The van der Waals surface area contributed by atoms with Gasteiger partial charge in [0.1, 0.15) is 6.04 Å². The molecule has 1 aromatic carbocycles. The standard InChI is InChI=1S/C18H21N3O3/c1-20-7-4-12-2-3-13(10-16(12)20)19-15-11-17(22)21(18(15)23)14-5-8-24-9-6-14/h2-4,7,10,14-15,19H,5-6,8-9,11H2,1H3. The van der Waals surface area contributed by atoms with Gasteiger partial charge in [-0.1, -0.05) is 6.07 Å². The van der Waals surface area contributed by atoms with Crippen LogP contribution >= 0.6 is 0 Å². The Labute approximate surface area is 140 Å². The average molecular weight is 327 g/mol. The molecule has 6 heteroatoms. The number of ether oxygens (including phenoxy) is 1. The zero-order valence-corrected chi connectivity index (χ0v) is 13.7. The zero-order valence-electron chi connectivity index (χ0n) is 13.7. The Hall–Kier alpha value is -2.34. The van der Waals surface area contributed by atoms with Crippen molar-refractivity contribution in [3.05, 3.63) is 30.5 Å². The van der Waals surface area contributed by atoms with Crippen molar-refractivity contribution < 1.29 is 14.3 Å². The molecule has 0 saturated carbocycles. The summed E-state index contributed by atoms with van der Waals surface area (Å²) in [6, 6.07) is 7.56. The summed E-state index contributed by atoms with van der Waals surface area (Å²) in [4.78, 5) is 26.5. The van der Waals surface area contributed by atoms with Crippen LogP contribution in [0.5, 0.6) is 0 Å². The number of carbonyl (C=O) groups is 2. The van der Waals surface area contributed by atoms with Gasteiger partial charge in [-0.05, 0) is 36.4 Å². The van der Waals surface area contributed by atoms with Crippen LogP contribution in [0.15, 0.2) is 30.5 Å². The van der Waals surface area contributed by atoms with Gasteiger partial charge in [0.2, 0.25) is 5.91 Å². The summed E-state index contributed by atoms with van der Waals surface area (Å²) in [5, 5.41) is 4.40. The number of aromatic nitrogens is 1. The molecule has 0 spiro atoms. The molecule has 2 aliphatic rings. The highest BCUT2D eigenvalue weighted by molar-refractivity contribution is 6.07. The van der Waals surface area contributed by atoms with Gasteiger partial charge in [0.05, 0.1) is 6.42 Å². The Kier molecular flexibility index (Phi) is 3.76. The van der Waals surface area contributed by atoms with Gasteiger partial charge in [-0.15, -0.1) is 0 Å². The second-order valence-corrected chi connectivity index (χ2v) is 6.55. The first-order valence-corrected chi connectivity index (χ1v) is 8.39. The van der Waals surface area contributed by atoms with E-state index in [-0.39, 0.29) is 24.3 Å². The van der Waals surface area contributed by atoms with Crippen molar-refractivity contribution in [2.45, 2.75) is 31.3 Å². The van der Waals surface area contributed by atoms with Crippen molar-refractivity contribution in [1.82, 2.24) is 9.47 Å². The molecule has 1 atom stereocenters. The summed E-state index contributed by atoms with van der Waals surface area (Å²) in [7, 11) is 1.99. The van der Waals surface area contributed by atoms with Gasteiger partial charge in [0.15, 0.2) is 0 Å². The number of carbonyl (C=O) groups excluding carboxylic acids is 2. The van der Waals surface area contributed by atoms with E-state index in [1.54, 1.807) is 0 Å². The van der Waals surface area contributed by atoms with Crippen molar-refractivity contribution >= 4 is 28.4 Å². The van der Waals surface area contributed by atoms with E-state index in [9.17, 15) is 9.59 Å². The molecule has 3 heterocycles. The first-order valence-electron chi connectivity index (χ1n) is 8.39. The number of nitrogens with zero attached hydrogens (tertiary/aromatic N) is 2. The fraction of sp³-hybridized carbons (Fsp3) is 0.444. The number of imide groups is 1. The van der Waals surface area contributed by atoms with Crippen molar-refractivity contribution in [3.63, 3.8) is 0 Å². The Morgan fingerprint density at radius 3 is 2.75 bits per heavy atom. The van der Waals surface area contributed by atoms with E-state index in [4.69, 9.17) is 4.74 Å². The van der Waals surface area contributed by atoms with Crippen LogP contribution in [0.25, 0.3) is 10.9 Å². The molecule has 6 nitrogen and oxygen atoms in total. The Bertz CT molecular complexity index is 792. The number of hydrogen-bond acceptors (Lipinski definition) is 4. The number of rotatable bonds is 3. The lowest BCUT2D eigenvalue weighted by Crippen LogP contribution is -2.44. The molecule has 126 valence electrons. The molecule has 24 heavy (non-hydrogen) atoms. The summed E-state index contributed by atoms with van der Waals surface area (Å²) in [6.45, 7) is 1.23. The van der Waals surface area contributed by atoms with Gasteiger partial charge in [-0.25, -0.2) is 0 Å². The molecule has 2 fully saturated rings. The van der Waals surface area contributed by atoms with Crippen LogP contribution < -0.4 is 5.32 Å². The second kappa shape index (κ2) is 5.94. The molecule has 0 aliphatic carbocycles.